The third-order valence-corrected chi connectivity index (χ3v) is 9.46. The minimum absolute atomic E-state index is 0.0372. The molecular weight excluding hydrogens is 644 g/mol. The first-order chi connectivity index (χ1) is 23.6. The van der Waals surface area contributed by atoms with E-state index in [9.17, 15) is 24.0 Å². The van der Waals surface area contributed by atoms with Gasteiger partial charge in [0.25, 0.3) is 0 Å². The maximum absolute atomic E-state index is 13.1. The molecule has 1 unspecified atom stereocenters. The Bertz CT molecular complexity index is 1640. The van der Waals surface area contributed by atoms with Gasteiger partial charge in [-0.2, -0.15) is 4.98 Å². The fourth-order valence-corrected chi connectivity index (χ4v) is 6.92. The summed E-state index contributed by atoms with van der Waals surface area (Å²) in [6.07, 6.45) is 6.31. The highest BCUT2D eigenvalue weighted by Crippen LogP contribution is 2.26. The summed E-state index contributed by atoms with van der Waals surface area (Å²) in [5.41, 5.74) is 0.748. The summed E-state index contributed by atoms with van der Waals surface area (Å²) in [6.45, 7) is 9.57. The molecule has 5 rings (SSSR count). The van der Waals surface area contributed by atoms with E-state index >= 15 is 0 Å². The van der Waals surface area contributed by atoms with Crippen LogP contribution in [-0.4, -0.2) is 104 Å². The quantitative estimate of drug-likeness (QED) is 0.290. The van der Waals surface area contributed by atoms with Crippen LogP contribution in [0.1, 0.15) is 77.8 Å². The summed E-state index contributed by atoms with van der Waals surface area (Å²) in [4.78, 5) is 69.6. The van der Waals surface area contributed by atoms with Crippen LogP contribution in [0.3, 0.4) is 0 Å². The van der Waals surface area contributed by atoms with E-state index in [1.165, 1.54) is 15.7 Å². The van der Waals surface area contributed by atoms with Crippen molar-refractivity contribution in [3.8, 4) is 5.69 Å². The number of amides is 5. The molecule has 1 aromatic carbocycles. The first kappa shape index (κ1) is 36.6. The lowest BCUT2D eigenvalue weighted by atomic mass is 9.85. The lowest BCUT2D eigenvalue weighted by Crippen LogP contribution is -2.60. The van der Waals surface area contributed by atoms with Gasteiger partial charge in [0.2, 0.25) is 5.91 Å². The SMILES string of the molecule is CC(C)(C)OC(=O)NC(C)(C)C(=O)N1CCN(C(=O)Nc2ccn(-c3ccc4c(c3)CCC(NC3CCC(NC(=O)O)CC3)C4)c(=O)n2)CC1. The third-order valence-electron chi connectivity index (χ3n) is 9.46. The molecule has 3 aliphatic rings. The molecule has 2 aliphatic carbocycles. The highest BCUT2D eigenvalue weighted by atomic mass is 16.6. The zero-order chi connectivity index (χ0) is 36.2. The fraction of sp³-hybridized carbons (Fsp3) is 0.600. The van der Waals surface area contributed by atoms with Crippen LogP contribution >= 0.6 is 0 Å². The number of piperazine rings is 1. The van der Waals surface area contributed by atoms with Gasteiger partial charge in [-0.3, -0.25) is 14.7 Å². The van der Waals surface area contributed by atoms with E-state index in [2.05, 4.69) is 32.3 Å². The van der Waals surface area contributed by atoms with Crippen LogP contribution in [0.4, 0.5) is 20.2 Å². The third kappa shape index (κ3) is 9.52. The van der Waals surface area contributed by atoms with Gasteiger partial charge in [0.05, 0.1) is 5.69 Å². The molecule has 0 bridgehead atoms. The number of hydrogen-bond donors (Lipinski definition) is 5. The number of aromatic nitrogens is 2. The maximum atomic E-state index is 13.1. The van der Waals surface area contributed by atoms with E-state index in [4.69, 9.17) is 9.84 Å². The number of carboxylic acid groups (broad SMARTS) is 1. The standard InChI is InChI=1S/C35H50N8O7/c1-34(2,3)50-33(49)40-35(4,5)29(44)41-16-18-42(19-17-41)30(45)38-28-14-15-43(31(46)39-28)27-13-7-22-20-26(8-6-23(22)21-27)36-24-9-11-25(12-10-24)37-32(47)48/h7,13-15,21,24-26,36-37H,6,8-12,16-20H2,1-5H3,(H,40,49)(H,47,48)(H,38,39,45,46). The van der Waals surface area contributed by atoms with Gasteiger partial charge in [-0.1, -0.05) is 6.07 Å². The molecule has 1 saturated carbocycles. The lowest BCUT2D eigenvalue weighted by Gasteiger charge is -2.38. The molecule has 5 amide bonds. The molecule has 1 aromatic heterocycles. The summed E-state index contributed by atoms with van der Waals surface area (Å²) in [5, 5.41) is 20.7. The Morgan fingerprint density at radius 2 is 1.52 bits per heavy atom. The predicted octanol–water partition coefficient (Wildman–Crippen LogP) is 3.24. The van der Waals surface area contributed by atoms with Crippen molar-refractivity contribution in [1.82, 2.24) is 35.3 Å². The molecule has 1 atom stereocenters. The molecular formula is C35H50N8O7. The maximum Gasteiger partial charge on any atom is 0.408 e. The van der Waals surface area contributed by atoms with Crippen LogP contribution in [0.5, 0.6) is 0 Å². The van der Waals surface area contributed by atoms with E-state index in [0.29, 0.717) is 17.8 Å². The second-order valence-electron chi connectivity index (χ2n) is 15.0. The predicted molar refractivity (Wildman–Crippen MR) is 187 cm³/mol. The number of fused-ring (bicyclic) bond motifs is 1. The first-order valence-corrected chi connectivity index (χ1v) is 17.4. The van der Waals surface area contributed by atoms with Crippen LogP contribution < -0.4 is 27.0 Å². The molecule has 1 aliphatic heterocycles. The first-order valence-electron chi connectivity index (χ1n) is 17.4. The van der Waals surface area contributed by atoms with E-state index in [1.54, 1.807) is 56.7 Å². The molecule has 272 valence electrons. The van der Waals surface area contributed by atoms with E-state index in [-0.39, 0.29) is 43.9 Å². The lowest BCUT2D eigenvalue weighted by molar-refractivity contribution is -0.138. The van der Waals surface area contributed by atoms with E-state index in [1.807, 2.05) is 12.1 Å². The number of benzene rings is 1. The second kappa shape index (κ2) is 15.1. The Morgan fingerprint density at radius 3 is 2.16 bits per heavy atom. The van der Waals surface area contributed by atoms with E-state index < -0.39 is 35.0 Å². The molecule has 50 heavy (non-hydrogen) atoms. The van der Waals surface area contributed by atoms with E-state index in [0.717, 1.165) is 44.9 Å². The summed E-state index contributed by atoms with van der Waals surface area (Å²) < 4.78 is 6.75. The number of carbonyl (C=O) groups is 4. The molecule has 0 radical (unpaired) electrons. The minimum Gasteiger partial charge on any atom is -0.465 e. The topological polar surface area (TPSA) is 187 Å². The summed E-state index contributed by atoms with van der Waals surface area (Å²) in [7, 11) is 0. The summed E-state index contributed by atoms with van der Waals surface area (Å²) >= 11 is 0. The Morgan fingerprint density at radius 1 is 0.860 bits per heavy atom. The van der Waals surface area contributed by atoms with Crippen molar-refractivity contribution < 1.29 is 29.0 Å². The molecule has 0 spiro atoms. The number of ether oxygens (including phenoxy) is 1. The Labute approximate surface area is 292 Å². The number of alkyl carbamates (subject to hydrolysis) is 1. The number of nitrogens with zero attached hydrogens (tertiary/aromatic N) is 4. The number of carbonyl (C=O) groups excluding carboxylic acids is 3. The van der Waals surface area contributed by atoms with Gasteiger partial charge >= 0.3 is 23.9 Å². The van der Waals surface area contributed by atoms with Gasteiger partial charge in [-0.25, -0.2) is 19.2 Å². The minimum atomic E-state index is -1.19. The molecule has 15 nitrogen and oxygen atoms in total. The van der Waals surface area contributed by atoms with Gasteiger partial charge in [-0.15, -0.1) is 0 Å². The largest absolute Gasteiger partial charge is 0.465 e. The van der Waals surface area contributed by atoms with Crippen LogP contribution in [0.15, 0.2) is 35.3 Å². The molecule has 1 saturated heterocycles. The number of urea groups is 1. The van der Waals surface area contributed by atoms with Gasteiger partial charge in [0, 0.05) is 50.5 Å². The second-order valence-corrected chi connectivity index (χ2v) is 15.0. The smallest absolute Gasteiger partial charge is 0.408 e. The van der Waals surface area contributed by atoms with Crippen LogP contribution in [0.25, 0.3) is 5.69 Å². The number of rotatable bonds is 7. The van der Waals surface area contributed by atoms with Crippen molar-refractivity contribution in [3.05, 3.63) is 52.1 Å². The van der Waals surface area contributed by atoms with Gasteiger partial charge in [0.1, 0.15) is 17.0 Å². The number of aryl methyl sites for hydroxylation is 1. The summed E-state index contributed by atoms with van der Waals surface area (Å²) in [5.74, 6) is -0.143. The van der Waals surface area contributed by atoms with Crippen LogP contribution in [0, 0.1) is 0 Å². The normalized spacial score (nSPS) is 21.1. The van der Waals surface area contributed by atoms with Crippen molar-refractivity contribution in [3.63, 3.8) is 0 Å². The average molecular weight is 695 g/mol. The molecule has 2 fully saturated rings. The van der Waals surface area contributed by atoms with Crippen molar-refractivity contribution in [1.29, 1.82) is 0 Å². The van der Waals surface area contributed by atoms with Crippen molar-refractivity contribution >= 4 is 29.9 Å². The average Bonchev–Trinajstić information content (AvgIpc) is 3.04. The monoisotopic (exact) mass is 694 g/mol. The Balaban J connectivity index is 1.10. The zero-order valence-electron chi connectivity index (χ0n) is 29.6. The summed E-state index contributed by atoms with van der Waals surface area (Å²) in [6, 6.07) is 7.95. The molecule has 5 N–H and O–H groups in total. The molecule has 15 heteroatoms. The van der Waals surface area contributed by atoms with Gasteiger partial charge in [-0.05, 0) is 109 Å². The van der Waals surface area contributed by atoms with Crippen molar-refractivity contribution in [2.24, 2.45) is 0 Å². The molecule has 2 heterocycles. The number of anilines is 1. The van der Waals surface area contributed by atoms with Crippen molar-refractivity contribution in [2.45, 2.75) is 109 Å². The highest BCUT2D eigenvalue weighted by molar-refractivity contribution is 5.90. The fourth-order valence-electron chi connectivity index (χ4n) is 6.92. The zero-order valence-corrected chi connectivity index (χ0v) is 29.6. The number of nitrogens with one attached hydrogen (secondary N) is 4. The van der Waals surface area contributed by atoms with Crippen molar-refractivity contribution in [2.75, 3.05) is 31.5 Å². The van der Waals surface area contributed by atoms with Crippen LogP contribution in [-0.2, 0) is 22.4 Å². The Kier molecular flexibility index (Phi) is 11.0. The Hall–Kier alpha value is -4.66. The van der Waals surface area contributed by atoms with Crippen LogP contribution in [0.2, 0.25) is 0 Å². The van der Waals surface area contributed by atoms with Gasteiger partial charge in [0.15, 0.2) is 0 Å². The molecule has 2 aromatic rings. The number of hydrogen-bond acceptors (Lipinski definition) is 8. The highest BCUT2D eigenvalue weighted by Gasteiger charge is 2.37. The van der Waals surface area contributed by atoms with Gasteiger partial charge < -0.3 is 35.6 Å².